The lowest BCUT2D eigenvalue weighted by Gasteiger charge is -2.11. The number of fused-ring (bicyclic) bond motifs is 1. The molecule has 1 atom stereocenters. The topological polar surface area (TPSA) is 27.1 Å². The van der Waals surface area contributed by atoms with Gasteiger partial charge in [0.15, 0.2) is 0 Å². The SMILES string of the molecule is CCCCOCCn1c(C(C)Cl)nc2cc(Cl)c(F)cc21. The van der Waals surface area contributed by atoms with Crippen LogP contribution in [0.25, 0.3) is 11.0 Å². The maximum atomic E-state index is 13.7. The summed E-state index contributed by atoms with van der Waals surface area (Å²) in [6.45, 7) is 5.83. The predicted molar refractivity (Wildman–Crippen MR) is 84.7 cm³/mol. The summed E-state index contributed by atoms with van der Waals surface area (Å²) < 4.78 is 21.2. The summed E-state index contributed by atoms with van der Waals surface area (Å²) >= 11 is 12.0. The molecule has 1 heterocycles. The van der Waals surface area contributed by atoms with Crippen LogP contribution >= 0.6 is 23.2 Å². The number of imidazole rings is 1. The van der Waals surface area contributed by atoms with Crippen LogP contribution in [0.15, 0.2) is 12.1 Å². The van der Waals surface area contributed by atoms with Gasteiger partial charge in [0.2, 0.25) is 0 Å². The van der Waals surface area contributed by atoms with E-state index in [0.29, 0.717) is 30.0 Å². The lowest BCUT2D eigenvalue weighted by atomic mass is 10.3. The number of unbranched alkanes of at least 4 members (excludes halogenated alkanes) is 1. The van der Waals surface area contributed by atoms with Crippen LogP contribution in [-0.4, -0.2) is 22.8 Å². The number of halogens is 3. The van der Waals surface area contributed by atoms with Gasteiger partial charge in [-0.05, 0) is 19.4 Å². The van der Waals surface area contributed by atoms with Crippen LogP contribution in [0.4, 0.5) is 4.39 Å². The number of hydrogen-bond donors (Lipinski definition) is 0. The molecule has 0 amide bonds. The van der Waals surface area contributed by atoms with E-state index in [-0.39, 0.29) is 10.4 Å². The van der Waals surface area contributed by atoms with E-state index in [1.807, 2.05) is 11.5 Å². The highest BCUT2D eigenvalue weighted by Crippen LogP contribution is 2.28. The van der Waals surface area contributed by atoms with Crippen LogP contribution in [-0.2, 0) is 11.3 Å². The van der Waals surface area contributed by atoms with Gasteiger partial charge in [0.25, 0.3) is 0 Å². The first-order valence-electron chi connectivity index (χ1n) is 7.11. The molecular weight excluding hydrogens is 314 g/mol. The van der Waals surface area contributed by atoms with E-state index < -0.39 is 5.82 Å². The Morgan fingerprint density at radius 2 is 2.14 bits per heavy atom. The van der Waals surface area contributed by atoms with Crippen LogP contribution in [0.5, 0.6) is 0 Å². The number of benzene rings is 1. The molecule has 0 saturated heterocycles. The molecule has 1 aromatic carbocycles. The fourth-order valence-electron chi connectivity index (χ4n) is 2.18. The minimum atomic E-state index is -0.453. The third kappa shape index (κ3) is 3.87. The molecule has 0 N–H and O–H groups in total. The summed E-state index contributed by atoms with van der Waals surface area (Å²) in [6, 6.07) is 2.93. The highest BCUT2D eigenvalue weighted by molar-refractivity contribution is 6.31. The Balaban J connectivity index is 2.26. The first-order chi connectivity index (χ1) is 10.0. The lowest BCUT2D eigenvalue weighted by Crippen LogP contribution is -2.10. The molecule has 0 saturated carbocycles. The molecule has 2 rings (SSSR count). The Kier molecular flexibility index (Phi) is 5.85. The van der Waals surface area contributed by atoms with Gasteiger partial charge in [0, 0.05) is 19.2 Å². The second-order valence-corrected chi connectivity index (χ2v) is 6.02. The van der Waals surface area contributed by atoms with Gasteiger partial charge in [-0.2, -0.15) is 0 Å². The summed E-state index contributed by atoms with van der Waals surface area (Å²) in [5.41, 5.74) is 1.34. The molecule has 0 radical (unpaired) electrons. The summed E-state index contributed by atoms with van der Waals surface area (Å²) in [5.74, 6) is 0.249. The molecule has 116 valence electrons. The molecule has 0 aliphatic carbocycles. The number of ether oxygens (including phenoxy) is 1. The first kappa shape index (κ1) is 16.5. The molecule has 0 spiro atoms. The number of hydrogen-bond acceptors (Lipinski definition) is 2. The largest absolute Gasteiger partial charge is 0.380 e. The van der Waals surface area contributed by atoms with Crippen molar-refractivity contribution in [1.29, 1.82) is 0 Å². The quantitative estimate of drug-likeness (QED) is 0.530. The van der Waals surface area contributed by atoms with E-state index in [1.54, 1.807) is 0 Å². The minimum absolute atomic E-state index is 0.0696. The van der Waals surface area contributed by atoms with Gasteiger partial charge in [0.1, 0.15) is 11.6 Å². The standard InChI is InChI=1S/C15H19Cl2FN2O/c1-3-4-6-21-7-5-20-14-9-12(18)11(17)8-13(14)19-15(20)10(2)16/h8-10H,3-7H2,1-2H3. The van der Waals surface area contributed by atoms with Crippen molar-refractivity contribution in [3.8, 4) is 0 Å². The van der Waals surface area contributed by atoms with E-state index in [9.17, 15) is 4.39 Å². The summed E-state index contributed by atoms with van der Waals surface area (Å²) in [5, 5.41) is -0.199. The lowest BCUT2D eigenvalue weighted by molar-refractivity contribution is 0.123. The summed E-state index contributed by atoms with van der Waals surface area (Å²) in [7, 11) is 0. The van der Waals surface area contributed by atoms with Gasteiger partial charge in [-0.3, -0.25) is 0 Å². The van der Waals surface area contributed by atoms with Crippen molar-refractivity contribution < 1.29 is 9.13 Å². The molecule has 21 heavy (non-hydrogen) atoms. The van der Waals surface area contributed by atoms with Crippen LogP contribution < -0.4 is 0 Å². The van der Waals surface area contributed by atoms with E-state index >= 15 is 0 Å². The van der Waals surface area contributed by atoms with Crippen molar-refractivity contribution >= 4 is 34.2 Å². The predicted octanol–water partition coefficient (Wildman–Crippen LogP) is 4.95. The maximum Gasteiger partial charge on any atom is 0.144 e. The van der Waals surface area contributed by atoms with E-state index in [0.717, 1.165) is 19.4 Å². The van der Waals surface area contributed by atoms with E-state index in [1.165, 1.54) is 12.1 Å². The van der Waals surface area contributed by atoms with Crippen molar-refractivity contribution in [3.63, 3.8) is 0 Å². The summed E-state index contributed by atoms with van der Waals surface area (Å²) in [6.07, 6.45) is 2.13. The fraction of sp³-hybridized carbons (Fsp3) is 0.533. The molecule has 6 heteroatoms. The Labute approximate surface area is 134 Å². The molecule has 0 bridgehead atoms. The van der Waals surface area contributed by atoms with Crippen LogP contribution in [0.2, 0.25) is 5.02 Å². The normalized spacial score (nSPS) is 13.0. The maximum absolute atomic E-state index is 13.7. The Morgan fingerprint density at radius 3 is 2.81 bits per heavy atom. The third-order valence-corrected chi connectivity index (χ3v) is 3.76. The van der Waals surface area contributed by atoms with Crippen molar-refractivity contribution in [2.45, 2.75) is 38.6 Å². The zero-order valence-electron chi connectivity index (χ0n) is 12.2. The Morgan fingerprint density at radius 1 is 1.38 bits per heavy atom. The molecule has 0 fully saturated rings. The summed E-state index contributed by atoms with van der Waals surface area (Å²) in [4.78, 5) is 4.45. The molecule has 1 unspecified atom stereocenters. The highest BCUT2D eigenvalue weighted by atomic mass is 35.5. The average molecular weight is 333 g/mol. The smallest absolute Gasteiger partial charge is 0.144 e. The molecular formula is C15H19Cl2FN2O. The fourth-order valence-corrected chi connectivity index (χ4v) is 2.51. The highest BCUT2D eigenvalue weighted by Gasteiger charge is 2.16. The van der Waals surface area contributed by atoms with Gasteiger partial charge in [-0.1, -0.05) is 24.9 Å². The van der Waals surface area contributed by atoms with Gasteiger partial charge in [-0.15, -0.1) is 11.6 Å². The Bertz CT molecular complexity index is 613. The molecule has 2 aromatic rings. The zero-order chi connectivity index (χ0) is 15.4. The van der Waals surface area contributed by atoms with Crippen LogP contribution in [0.3, 0.4) is 0 Å². The van der Waals surface area contributed by atoms with Crippen LogP contribution in [0, 0.1) is 5.82 Å². The average Bonchev–Trinajstić information content (AvgIpc) is 2.77. The number of nitrogens with zero attached hydrogens (tertiary/aromatic N) is 2. The van der Waals surface area contributed by atoms with Crippen molar-refractivity contribution in [3.05, 3.63) is 28.8 Å². The minimum Gasteiger partial charge on any atom is -0.380 e. The molecule has 0 aliphatic rings. The van der Waals surface area contributed by atoms with E-state index in [4.69, 9.17) is 27.9 Å². The second kappa shape index (κ2) is 7.43. The van der Waals surface area contributed by atoms with E-state index in [2.05, 4.69) is 11.9 Å². The van der Waals surface area contributed by atoms with Crippen molar-refractivity contribution in [2.24, 2.45) is 0 Å². The first-order valence-corrected chi connectivity index (χ1v) is 7.93. The van der Waals surface area contributed by atoms with Crippen molar-refractivity contribution in [2.75, 3.05) is 13.2 Å². The van der Waals surface area contributed by atoms with Gasteiger partial charge in [-0.25, -0.2) is 9.37 Å². The number of rotatable bonds is 7. The Hall–Kier alpha value is -0.840. The van der Waals surface area contributed by atoms with Crippen LogP contribution in [0.1, 0.15) is 37.9 Å². The van der Waals surface area contributed by atoms with Gasteiger partial charge >= 0.3 is 0 Å². The van der Waals surface area contributed by atoms with Gasteiger partial charge < -0.3 is 9.30 Å². The number of alkyl halides is 1. The molecule has 1 aromatic heterocycles. The monoisotopic (exact) mass is 332 g/mol. The zero-order valence-corrected chi connectivity index (χ0v) is 13.7. The van der Waals surface area contributed by atoms with Crippen molar-refractivity contribution in [1.82, 2.24) is 9.55 Å². The number of aromatic nitrogens is 2. The third-order valence-electron chi connectivity index (χ3n) is 3.28. The molecule has 0 aliphatic heterocycles. The molecule has 3 nitrogen and oxygen atoms in total. The van der Waals surface area contributed by atoms with Gasteiger partial charge in [0.05, 0.1) is 28.0 Å². The second-order valence-electron chi connectivity index (χ2n) is 4.96.